The van der Waals surface area contributed by atoms with Gasteiger partial charge in [0.05, 0.1) is 13.1 Å². The van der Waals surface area contributed by atoms with Crippen molar-refractivity contribution in [1.29, 1.82) is 0 Å². The summed E-state index contributed by atoms with van der Waals surface area (Å²) >= 11 is 0. The lowest BCUT2D eigenvalue weighted by Crippen LogP contribution is -3.15. The molecule has 1 aromatic carbocycles. The van der Waals surface area contributed by atoms with Crippen LogP contribution < -0.4 is 10.2 Å². The lowest BCUT2D eigenvalue weighted by atomic mass is 9.92. The summed E-state index contributed by atoms with van der Waals surface area (Å²) in [6, 6.07) is 6.05. The van der Waals surface area contributed by atoms with E-state index in [-0.39, 0.29) is 5.91 Å². The maximum Gasteiger partial charge on any atom is 0.279 e. The second-order valence-electron chi connectivity index (χ2n) is 6.58. The van der Waals surface area contributed by atoms with Crippen LogP contribution in [0, 0.1) is 25.7 Å². The van der Waals surface area contributed by atoms with E-state index >= 15 is 0 Å². The third kappa shape index (κ3) is 3.83. The zero-order valence-corrected chi connectivity index (χ0v) is 13.1. The molecule has 1 aromatic rings. The Morgan fingerprint density at radius 3 is 2.55 bits per heavy atom. The quantitative estimate of drug-likeness (QED) is 0.866. The zero-order chi connectivity index (χ0) is 14.7. The molecule has 0 aliphatic carbocycles. The van der Waals surface area contributed by atoms with Crippen LogP contribution in [0.2, 0.25) is 0 Å². The molecule has 1 saturated heterocycles. The number of anilines is 1. The number of aryl methyl sites for hydroxylation is 1. The molecule has 0 saturated carbocycles. The summed E-state index contributed by atoms with van der Waals surface area (Å²) in [7, 11) is 0. The highest BCUT2D eigenvalue weighted by atomic mass is 16.2. The van der Waals surface area contributed by atoms with Gasteiger partial charge in [-0.25, -0.2) is 0 Å². The molecule has 0 bridgehead atoms. The second-order valence-corrected chi connectivity index (χ2v) is 6.58. The number of rotatable bonds is 3. The minimum atomic E-state index is 0.134. The van der Waals surface area contributed by atoms with Crippen LogP contribution in [0.5, 0.6) is 0 Å². The fraction of sp³-hybridized carbons (Fsp3) is 0.588. The molecule has 1 aliphatic rings. The van der Waals surface area contributed by atoms with Crippen molar-refractivity contribution in [1.82, 2.24) is 0 Å². The Labute approximate surface area is 122 Å². The van der Waals surface area contributed by atoms with Crippen LogP contribution in [0.15, 0.2) is 18.2 Å². The third-order valence-corrected chi connectivity index (χ3v) is 4.37. The smallest absolute Gasteiger partial charge is 0.279 e. The summed E-state index contributed by atoms with van der Waals surface area (Å²) in [4.78, 5) is 13.6. The first-order valence-electron chi connectivity index (χ1n) is 7.65. The molecule has 2 atom stereocenters. The number of hydrogen-bond acceptors (Lipinski definition) is 1. The van der Waals surface area contributed by atoms with Crippen molar-refractivity contribution in [3.8, 4) is 0 Å². The van der Waals surface area contributed by atoms with Gasteiger partial charge in [0.25, 0.3) is 5.91 Å². The molecule has 0 unspecified atom stereocenters. The van der Waals surface area contributed by atoms with E-state index in [0.717, 1.165) is 36.2 Å². The van der Waals surface area contributed by atoms with Crippen molar-refractivity contribution in [3.63, 3.8) is 0 Å². The minimum Gasteiger partial charge on any atom is -0.327 e. The van der Waals surface area contributed by atoms with E-state index in [1.165, 1.54) is 16.9 Å². The molecule has 1 fully saturated rings. The summed E-state index contributed by atoms with van der Waals surface area (Å²) < 4.78 is 0. The fourth-order valence-electron chi connectivity index (χ4n) is 3.37. The second kappa shape index (κ2) is 6.40. The minimum absolute atomic E-state index is 0.134. The topological polar surface area (TPSA) is 33.5 Å². The molecule has 3 nitrogen and oxygen atoms in total. The van der Waals surface area contributed by atoms with Crippen LogP contribution in [-0.4, -0.2) is 25.5 Å². The number of carbonyl (C=O) groups excluding carboxylic acids is 1. The highest BCUT2D eigenvalue weighted by Gasteiger charge is 2.26. The van der Waals surface area contributed by atoms with Gasteiger partial charge in [0.15, 0.2) is 6.54 Å². The summed E-state index contributed by atoms with van der Waals surface area (Å²) in [5, 5.41) is 3.07. The number of piperidine rings is 1. The maximum atomic E-state index is 12.2. The van der Waals surface area contributed by atoms with E-state index < -0.39 is 0 Å². The van der Waals surface area contributed by atoms with Gasteiger partial charge in [-0.15, -0.1) is 0 Å². The van der Waals surface area contributed by atoms with E-state index in [4.69, 9.17) is 0 Å². The number of carbonyl (C=O) groups is 1. The Hall–Kier alpha value is -1.35. The molecule has 20 heavy (non-hydrogen) atoms. The Kier molecular flexibility index (Phi) is 4.81. The predicted octanol–water partition coefficient (Wildman–Crippen LogP) is 1.80. The number of amides is 1. The van der Waals surface area contributed by atoms with Crippen LogP contribution >= 0.6 is 0 Å². The number of benzene rings is 1. The van der Waals surface area contributed by atoms with Crippen LogP contribution in [-0.2, 0) is 4.79 Å². The van der Waals surface area contributed by atoms with Crippen molar-refractivity contribution in [3.05, 3.63) is 29.3 Å². The van der Waals surface area contributed by atoms with Gasteiger partial charge in [-0.2, -0.15) is 0 Å². The van der Waals surface area contributed by atoms with Gasteiger partial charge in [-0.3, -0.25) is 4.79 Å². The molecule has 2 rings (SSSR count). The van der Waals surface area contributed by atoms with E-state index in [9.17, 15) is 4.79 Å². The molecule has 1 amide bonds. The highest BCUT2D eigenvalue weighted by Crippen LogP contribution is 2.17. The Morgan fingerprint density at radius 2 is 1.90 bits per heavy atom. The first kappa shape index (κ1) is 15.0. The molecular formula is C17H27N2O+. The van der Waals surface area contributed by atoms with Gasteiger partial charge >= 0.3 is 0 Å². The Balaban J connectivity index is 1.94. The van der Waals surface area contributed by atoms with Crippen molar-refractivity contribution in [2.24, 2.45) is 11.8 Å². The van der Waals surface area contributed by atoms with Crippen LogP contribution in [0.25, 0.3) is 0 Å². The van der Waals surface area contributed by atoms with Crippen LogP contribution in [0.3, 0.4) is 0 Å². The lowest BCUT2D eigenvalue weighted by Gasteiger charge is -2.31. The predicted molar refractivity (Wildman–Crippen MR) is 83.1 cm³/mol. The van der Waals surface area contributed by atoms with Crippen molar-refractivity contribution in [2.75, 3.05) is 25.0 Å². The molecular weight excluding hydrogens is 248 g/mol. The van der Waals surface area contributed by atoms with E-state index in [1.54, 1.807) is 0 Å². The SMILES string of the molecule is Cc1cccc(NC(=O)C[NH+]2C[C@@H](C)C[C@H](C)C2)c1C. The van der Waals surface area contributed by atoms with E-state index in [0.29, 0.717) is 6.54 Å². The van der Waals surface area contributed by atoms with Crippen molar-refractivity contribution in [2.45, 2.75) is 34.1 Å². The number of hydrogen-bond donors (Lipinski definition) is 2. The average Bonchev–Trinajstić information content (AvgIpc) is 2.33. The standard InChI is InChI=1S/C17H26N2O/c1-12-8-13(2)10-19(9-12)11-17(20)18-16-7-5-6-14(3)15(16)4/h5-7,12-13H,8-11H2,1-4H3,(H,18,20)/p+1/t12-,13-/m0/s1. The molecule has 110 valence electrons. The first-order chi connectivity index (χ1) is 9.45. The van der Waals surface area contributed by atoms with Gasteiger partial charge in [0.2, 0.25) is 0 Å². The van der Waals surface area contributed by atoms with E-state index in [1.807, 2.05) is 12.1 Å². The lowest BCUT2D eigenvalue weighted by molar-refractivity contribution is -0.904. The number of nitrogens with one attached hydrogen (secondary N) is 2. The molecule has 0 spiro atoms. The molecule has 0 aromatic heterocycles. The Bertz CT molecular complexity index is 474. The van der Waals surface area contributed by atoms with Gasteiger partial charge < -0.3 is 10.2 Å². The van der Waals surface area contributed by atoms with Crippen LogP contribution in [0.4, 0.5) is 5.69 Å². The van der Waals surface area contributed by atoms with Crippen LogP contribution in [0.1, 0.15) is 31.4 Å². The third-order valence-electron chi connectivity index (χ3n) is 4.37. The summed E-state index contributed by atoms with van der Waals surface area (Å²) in [6.45, 7) is 11.5. The van der Waals surface area contributed by atoms with Gasteiger partial charge in [0, 0.05) is 17.5 Å². The fourth-order valence-corrected chi connectivity index (χ4v) is 3.37. The molecule has 1 aliphatic heterocycles. The van der Waals surface area contributed by atoms with E-state index in [2.05, 4.69) is 39.1 Å². The molecule has 1 heterocycles. The van der Waals surface area contributed by atoms with Crippen molar-refractivity contribution < 1.29 is 9.69 Å². The average molecular weight is 275 g/mol. The zero-order valence-electron chi connectivity index (χ0n) is 13.1. The largest absolute Gasteiger partial charge is 0.327 e. The summed E-state index contributed by atoms with van der Waals surface area (Å²) in [5.74, 6) is 1.58. The molecule has 3 heteroatoms. The summed E-state index contributed by atoms with van der Waals surface area (Å²) in [6.07, 6.45) is 1.29. The van der Waals surface area contributed by atoms with Crippen molar-refractivity contribution >= 4 is 11.6 Å². The van der Waals surface area contributed by atoms with Gasteiger partial charge in [0.1, 0.15) is 0 Å². The molecule has 0 radical (unpaired) electrons. The summed E-state index contributed by atoms with van der Waals surface area (Å²) in [5.41, 5.74) is 3.33. The first-order valence-corrected chi connectivity index (χ1v) is 7.65. The maximum absolute atomic E-state index is 12.2. The number of quaternary nitrogens is 1. The van der Waals surface area contributed by atoms with Gasteiger partial charge in [-0.05, 0) is 37.5 Å². The number of likely N-dealkylation sites (tertiary alicyclic amines) is 1. The highest BCUT2D eigenvalue weighted by molar-refractivity contribution is 5.92. The normalized spacial score (nSPS) is 26.3. The Morgan fingerprint density at radius 1 is 1.25 bits per heavy atom. The molecule has 2 N–H and O–H groups in total. The van der Waals surface area contributed by atoms with Gasteiger partial charge in [-0.1, -0.05) is 26.0 Å². The monoisotopic (exact) mass is 275 g/mol.